The molecule has 202 valence electrons. The number of amides is 1. The molecule has 8 nitrogen and oxygen atoms in total. The molecule has 2 aliphatic heterocycles. The van der Waals surface area contributed by atoms with Crippen molar-refractivity contribution >= 4 is 39.6 Å². The maximum absolute atomic E-state index is 12.8. The Bertz CT molecular complexity index is 1550. The van der Waals surface area contributed by atoms with E-state index in [1.807, 2.05) is 61.5 Å². The molecule has 8 heteroatoms. The number of methoxy groups -OCH3 is 1. The van der Waals surface area contributed by atoms with Gasteiger partial charge < -0.3 is 19.1 Å². The van der Waals surface area contributed by atoms with Gasteiger partial charge in [-0.15, -0.1) is 0 Å². The highest BCUT2D eigenvalue weighted by Crippen LogP contribution is 2.39. The van der Waals surface area contributed by atoms with E-state index in [4.69, 9.17) is 14.5 Å². The number of anilines is 1. The number of carboxylic acids is 1. The number of carbonyl (C=O) groups excluding carboxylic acids is 1. The third-order valence-electron chi connectivity index (χ3n) is 8.28. The number of hydrogen-bond acceptors (Lipinski definition) is 5. The van der Waals surface area contributed by atoms with Crippen molar-refractivity contribution in [3.8, 4) is 0 Å². The van der Waals surface area contributed by atoms with Crippen LogP contribution in [0.4, 0.5) is 10.5 Å². The van der Waals surface area contributed by atoms with Gasteiger partial charge in [-0.05, 0) is 61.1 Å². The molecular weight excluding hydrogens is 494 g/mol. The molecule has 0 spiro atoms. The van der Waals surface area contributed by atoms with Crippen LogP contribution in [0.25, 0.3) is 21.8 Å². The smallest absolute Gasteiger partial charge is 0.414 e. The van der Waals surface area contributed by atoms with E-state index in [1.165, 1.54) is 7.11 Å². The molecule has 1 unspecified atom stereocenters. The zero-order valence-corrected chi connectivity index (χ0v) is 22.3. The fourth-order valence-corrected chi connectivity index (χ4v) is 6.37. The molecule has 1 N–H and O–H groups in total. The summed E-state index contributed by atoms with van der Waals surface area (Å²) in [7, 11) is 1.40. The fourth-order valence-electron chi connectivity index (χ4n) is 6.37. The van der Waals surface area contributed by atoms with Crippen molar-refractivity contribution in [1.82, 2.24) is 9.55 Å². The molecular formula is C31H33N3O5. The second-order valence-corrected chi connectivity index (χ2v) is 10.6. The number of aliphatic carboxylic acids is 1. The number of imidazole rings is 1. The van der Waals surface area contributed by atoms with Crippen molar-refractivity contribution in [3.05, 3.63) is 71.5 Å². The highest BCUT2D eigenvalue weighted by atomic mass is 16.5. The molecule has 0 saturated carbocycles. The molecule has 3 heterocycles. The van der Waals surface area contributed by atoms with Crippen molar-refractivity contribution in [3.63, 3.8) is 0 Å². The lowest BCUT2D eigenvalue weighted by Gasteiger charge is -2.34. The van der Waals surface area contributed by atoms with E-state index in [-0.39, 0.29) is 24.6 Å². The predicted molar refractivity (Wildman–Crippen MR) is 150 cm³/mol. The number of hydrogen-bond donors (Lipinski definition) is 1. The Balaban J connectivity index is 1.51. The van der Waals surface area contributed by atoms with Crippen LogP contribution in [0.1, 0.15) is 55.1 Å². The molecule has 2 aliphatic rings. The van der Waals surface area contributed by atoms with Crippen LogP contribution in [-0.4, -0.2) is 53.1 Å². The summed E-state index contributed by atoms with van der Waals surface area (Å²) in [6.45, 7) is 3.32. The summed E-state index contributed by atoms with van der Waals surface area (Å²) in [5.41, 5.74) is 4.39. The van der Waals surface area contributed by atoms with Crippen molar-refractivity contribution in [2.75, 3.05) is 25.2 Å². The lowest BCUT2D eigenvalue weighted by atomic mass is 9.90. The van der Waals surface area contributed by atoms with Crippen LogP contribution in [0, 0.1) is 0 Å². The minimum absolute atomic E-state index is 0.0125. The van der Waals surface area contributed by atoms with Gasteiger partial charge in [-0.25, -0.2) is 9.78 Å². The lowest BCUT2D eigenvalue weighted by Crippen LogP contribution is -2.42. The lowest BCUT2D eigenvalue weighted by molar-refractivity contribution is -0.138. The van der Waals surface area contributed by atoms with E-state index in [1.54, 1.807) is 4.90 Å². The molecule has 6 rings (SSSR count). The first-order chi connectivity index (χ1) is 19.0. The Morgan fingerprint density at radius 1 is 1.13 bits per heavy atom. The SMILES string of the molecule is COC(=O)N1c2ccc3c(nc(CC(C(=O)O)c4cccc5ccccc45)n3[C@H]3CCCOC3)c2CC[C@@H]1C. The summed E-state index contributed by atoms with van der Waals surface area (Å²) < 4.78 is 13.2. The highest BCUT2D eigenvalue weighted by molar-refractivity contribution is 5.96. The van der Waals surface area contributed by atoms with Gasteiger partial charge in [-0.2, -0.15) is 0 Å². The van der Waals surface area contributed by atoms with Crippen LogP contribution < -0.4 is 4.90 Å². The third kappa shape index (κ3) is 4.42. The second-order valence-electron chi connectivity index (χ2n) is 10.6. The van der Waals surface area contributed by atoms with E-state index >= 15 is 0 Å². The van der Waals surface area contributed by atoms with Gasteiger partial charge in [0.05, 0.1) is 42.4 Å². The summed E-state index contributed by atoms with van der Waals surface area (Å²) in [6.07, 6.45) is 3.32. The van der Waals surface area contributed by atoms with Crippen molar-refractivity contribution in [2.45, 2.75) is 57.0 Å². The van der Waals surface area contributed by atoms with Gasteiger partial charge in [-0.1, -0.05) is 42.5 Å². The number of rotatable bonds is 5. The Kier molecular flexibility index (Phi) is 6.73. The van der Waals surface area contributed by atoms with Gasteiger partial charge in [0.25, 0.3) is 0 Å². The molecule has 0 radical (unpaired) electrons. The van der Waals surface area contributed by atoms with Crippen LogP contribution in [0.5, 0.6) is 0 Å². The Morgan fingerprint density at radius 2 is 1.95 bits per heavy atom. The van der Waals surface area contributed by atoms with E-state index in [0.29, 0.717) is 6.61 Å². The van der Waals surface area contributed by atoms with Crippen molar-refractivity contribution < 1.29 is 24.2 Å². The first kappa shape index (κ1) is 25.4. The molecule has 39 heavy (non-hydrogen) atoms. The summed E-state index contributed by atoms with van der Waals surface area (Å²) in [4.78, 5) is 32.3. The predicted octanol–water partition coefficient (Wildman–Crippen LogP) is 5.86. The second kappa shape index (κ2) is 10.3. The Labute approximate surface area is 227 Å². The summed E-state index contributed by atoms with van der Waals surface area (Å²) in [5, 5.41) is 12.4. The van der Waals surface area contributed by atoms with Gasteiger partial charge in [0, 0.05) is 24.6 Å². The number of aromatic nitrogens is 2. The number of carboxylic acid groups (broad SMARTS) is 1. The standard InChI is InChI=1S/C31H33N3O5/c1-19-12-13-24-26(33(19)31(37)38-2)14-15-27-29(24)32-28(34(27)21-9-6-16-39-18-21)17-25(30(35)36)23-11-5-8-20-7-3-4-10-22(20)23/h3-5,7-8,10-11,14-15,19,21,25H,6,9,12-13,16-18H2,1-2H3,(H,35,36)/t19-,21-,25?/m0/s1. The molecule has 4 aromatic rings. The Morgan fingerprint density at radius 3 is 2.72 bits per heavy atom. The quantitative estimate of drug-likeness (QED) is 0.349. The first-order valence-electron chi connectivity index (χ1n) is 13.7. The van der Waals surface area contributed by atoms with Crippen LogP contribution in [0.2, 0.25) is 0 Å². The minimum atomic E-state index is -0.877. The number of nitrogens with zero attached hydrogens (tertiary/aromatic N) is 3. The summed E-state index contributed by atoms with van der Waals surface area (Å²) >= 11 is 0. The fraction of sp³-hybridized carbons (Fsp3) is 0.387. The molecule has 1 saturated heterocycles. The molecule has 1 aromatic heterocycles. The van der Waals surface area contributed by atoms with Crippen LogP contribution >= 0.6 is 0 Å². The van der Waals surface area contributed by atoms with Gasteiger partial charge in [0.2, 0.25) is 0 Å². The molecule has 3 atom stereocenters. The van der Waals surface area contributed by atoms with E-state index in [2.05, 4.69) is 4.57 Å². The maximum atomic E-state index is 12.8. The maximum Gasteiger partial charge on any atom is 0.414 e. The van der Waals surface area contributed by atoms with Gasteiger partial charge in [0.1, 0.15) is 5.82 Å². The van der Waals surface area contributed by atoms with Crippen LogP contribution in [-0.2, 0) is 27.1 Å². The number of aryl methyl sites for hydroxylation is 1. The number of fused-ring (bicyclic) bond motifs is 4. The molecule has 0 bridgehead atoms. The number of ether oxygens (including phenoxy) is 2. The monoisotopic (exact) mass is 527 g/mol. The Hall–Kier alpha value is -3.91. The topological polar surface area (TPSA) is 93.9 Å². The van der Waals surface area contributed by atoms with Gasteiger partial charge in [0.15, 0.2) is 0 Å². The van der Waals surface area contributed by atoms with E-state index in [9.17, 15) is 14.7 Å². The van der Waals surface area contributed by atoms with Crippen LogP contribution in [0.3, 0.4) is 0 Å². The molecule has 3 aromatic carbocycles. The van der Waals surface area contributed by atoms with Crippen molar-refractivity contribution in [1.29, 1.82) is 0 Å². The van der Waals surface area contributed by atoms with E-state index < -0.39 is 11.9 Å². The summed E-state index contributed by atoms with van der Waals surface area (Å²) in [5.74, 6) is -0.909. The van der Waals surface area contributed by atoms with E-state index in [0.717, 1.165) is 76.7 Å². The molecule has 0 aliphatic carbocycles. The van der Waals surface area contributed by atoms with Crippen LogP contribution in [0.15, 0.2) is 54.6 Å². The molecule has 1 amide bonds. The number of benzene rings is 3. The zero-order chi connectivity index (χ0) is 27.1. The normalized spacial score (nSPS) is 20.1. The average molecular weight is 528 g/mol. The zero-order valence-electron chi connectivity index (χ0n) is 22.3. The largest absolute Gasteiger partial charge is 0.481 e. The third-order valence-corrected chi connectivity index (χ3v) is 8.28. The highest BCUT2D eigenvalue weighted by Gasteiger charge is 2.33. The average Bonchev–Trinajstić information content (AvgIpc) is 3.34. The number of carbonyl (C=O) groups is 2. The molecule has 1 fully saturated rings. The van der Waals surface area contributed by atoms with Gasteiger partial charge >= 0.3 is 12.1 Å². The van der Waals surface area contributed by atoms with Gasteiger partial charge in [-0.3, -0.25) is 9.69 Å². The van der Waals surface area contributed by atoms with Crippen molar-refractivity contribution in [2.24, 2.45) is 0 Å². The first-order valence-corrected chi connectivity index (χ1v) is 13.7. The summed E-state index contributed by atoms with van der Waals surface area (Å²) in [6, 6.07) is 17.8. The minimum Gasteiger partial charge on any atom is -0.481 e.